The highest BCUT2D eigenvalue weighted by atomic mass is 35.5. The van der Waals surface area contributed by atoms with Gasteiger partial charge in [-0.05, 0) is 25.8 Å². The number of piperidine rings is 1. The van der Waals surface area contributed by atoms with Crippen molar-refractivity contribution >= 4 is 23.4 Å². The second-order valence-corrected chi connectivity index (χ2v) is 4.67. The Morgan fingerprint density at radius 2 is 2.39 bits per heavy atom. The third-order valence-corrected chi connectivity index (χ3v) is 3.14. The number of pyridine rings is 1. The van der Waals surface area contributed by atoms with Crippen LogP contribution in [-0.4, -0.2) is 29.4 Å². The van der Waals surface area contributed by atoms with Gasteiger partial charge in [-0.1, -0.05) is 11.6 Å². The van der Waals surface area contributed by atoms with E-state index in [1.165, 1.54) is 6.20 Å². The minimum atomic E-state index is -0.483. The summed E-state index contributed by atoms with van der Waals surface area (Å²) in [5.41, 5.74) is 1.03. The summed E-state index contributed by atoms with van der Waals surface area (Å²) in [5, 5.41) is 5.72. The second-order valence-electron chi connectivity index (χ2n) is 4.26. The van der Waals surface area contributed by atoms with Gasteiger partial charge in [0.05, 0.1) is 10.6 Å². The third-order valence-electron chi connectivity index (χ3n) is 2.83. The molecular formula is C12H14ClN3O2. The summed E-state index contributed by atoms with van der Waals surface area (Å²) in [7, 11) is 0. The van der Waals surface area contributed by atoms with Crippen LogP contribution in [0.2, 0.25) is 5.02 Å². The van der Waals surface area contributed by atoms with E-state index in [2.05, 4.69) is 15.6 Å². The Balaban J connectivity index is 2.09. The molecule has 1 unspecified atom stereocenters. The number of aryl methyl sites for hydroxylation is 1. The van der Waals surface area contributed by atoms with Crippen LogP contribution in [0.1, 0.15) is 28.9 Å². The number of hydrogen-bond acceptors (Lipinski definition) is 3. The lowest BCUT2D eigenvalue weighted by atomic mass is 10.1. The fourth-order valence-corrected chi connectivity index (χ4v) is 2.13. The van der Waals surface area contributed by atoms with Gasteiger partial charge in [-0.15, -0.1) is 0 Å². The molecule has 1 aliphatic rings. The molecule has 96 valence electrons. The quantitative estimate of drug-likeness (QED) is 0.841. The van der Waals surface area contributed by atoms with Gasteiger partial charge in [-0.3, -0.25) is 14.6 Å². The van der Waals surface area contributed by atoms with E-state index in [1.54, 1.807) is 13.0 Å². The highest BCUT2D eigenvalue weighted by molar-refractivity contribution is 6.33. The Morgan fingerprint density at radius 3 is 3.06 bits per heavy atom. The van der Waals surface area contributed by atoms with E-state index in [-0.39, 0.29) is 11.8 Å². The van der Waals surface area contributed by atoms with Gasteiger partial charge in [0.25, 0.3) is 5.91 Å². The first-order valence-corrected chi connectivity index (χ1v) is 6.16. The van der Waals surface area contributed by atoms with Crippen LogP contribution in [0.3, 0.4) is 0 Å². The Labute approximate surface area is 110 Å². The van der Waals surface area contributed by atoms with E-state index in [9.17, 15) is 9.59 Å². The molecule has 18 heavy (non-hydrogen) atoms. The zero-order chi connectivity index (χ0) is 13.1. The molecule has 1 fully saturated rings. The summed E-state index contributed by atoms with van der Waals surface area (Å²) >= 11 is 5.98. The molecule has 2 heterocycles. The van der Waals surface area contributed by atoms with Gasteiger partial charge in [0, 0.05) is 18.4 Å². The lowest BCUT2D eigenvalue weighted by molar-refractivity contribution is -0.124. The van der Waals surface area contributed by atoms with Gasteiger partial charge < -0.3 is 10.6 Å². The fraction of sp³-hybridized carbons (Fsp3) is 0.417. The SMILES string of the molecule is Cc1cc(Cl)c(C(=O)NC2CCCNC2=O)cn1. The monoisotopic (exact) mass is 267 g/mol. The Morgan fingerprint density at radius 1 is 1.61 bits per heavy atom. The molecule has 0 saturated carbocycles. The maximum Gasteiger partial charge on any atom is 0.255 e. The number of nitrogens with zero attached hydrogens (tertiary/aromatic N) is 1. The molecule has 0 aliphatic carbocycles. The molecule has 2 amide bonds. The van der Waals surface area contributed by atoms with E-state index >= 15 is 0 Å². The third kappa shape index (κ3) is 2.79. The summed E-state index contributed by atoms with van der Waals surface area (Å²) < 4.78 is 0. The van der Waals surface area contributed by atoms with Gasteiger partial charge in [-0.2, -0.15) is 0 Å². The first-order chi connectivity index (χ1) is 8.58. The van der Waals surface area contributed by atoms with Crippen LogP contribution < -0.4 is 10.6 Å². The molecule has 1 aromatic heterocycles. The van der Waals surface area contributed by atoms with Crippen molar-refractivity contribution in [1.29, 1.82) is 0 Å². The standard InChI is InChI=1S/C12H14ClN3O2/c1-7-5-9(13)8(6-15-7)11(17)16-10-3-2-4-14-12(10)18/h5-6,10H,2-4H2,1H3,(H,14,18)(H,16,17). The molecular weight excluding hydrogens is 254 g/mol. The zero-order valence-corrected chi connectivity index (χ0v) is 10.8. The van der Waals surface area contributed by atoms with Crippen molar-refractivity contribution in [2.75, 3.05) is 6.54 Å². The van der Waals surface area contributed by atoms with Crippen molar-refractivity contribution in [2.24, 2.45) is 0 Å². The predicted octanol–water partition coefficient (Wildman–Crippen LogP) is 1.05. The number of amides is 2. The first-order valence-electron chi connectivity index (χ1n) is 5.78. The maximum atomic E-state index is 12.0. The summed E-state index contributed by atoms with van der Waals surface area (Å²) in [4.78, 5) is 27.5. The molecule has 1 saturated heterocycles. The number of halogens is 1. The largest absolute Gasteiger partial charge is 0.354 e. The number of carbonyl (C=O) groups is 2. The molecule has 5 nitrogen and oxygen atoms in total. The van der Waals surface area contributed by atoms with Crippen molar-refractivity contribution in [3.63, 3.8) is 0 Å². The van der Waals surface area contributed by atoms with Crippen LogP contribution in [0.25, 0.3) is 0 Å². The minimum absolute atomic E-state index is 0.147. The number of carbonyl (C=O) groups excluding carboxylic acids is 2. The van der Waals surface area contributed by atoms with Crippen molar-refractivity contribution in [1.82, 2.24) is 15.6 Å². The number of rotatable bonds is 2. The number of nitrogens with one attached hydrogen (secondary N) is 2. The number of aromatic nitrogens is 1. The summed E-state index contributed by atoms with van der Waals surface area (Å²) in [6.07, 6.45) is 2.93. The second kappa shape index (κ2) is 5.35. The van der Waals surface area contributed by atoms with Gasteiger partial charge in [-0.25, -0.2) is 0 Å². The summed E-state index contributed by atoms with van der Waals surface area (Å²) in [6.45, 7) is 2.46. The Bertz CT molecular complexity index is 490. The first kappa shape index (κ1) is 12.8. The number of hydrogen-bond donors (Lipinski definition) is 2. The van der Waals surface area contributed by atoms with Gasteiger partial charge in [0.1, 0.15) is 6.04 Å². The molecule has 1 aromatic rings. The smallest absolute Gasteiger partial charge is 0.255 e. The maximum absolute atomic E-state index is 12.0. The highest BCUT2D eigenvalue weighted by Gasteiger charge is 2.24. The molecule has 1 aliphatic heterocycles. The van der Waals surface area contributed by atoms with E-state index in [0.717, 1.165) is 12.1 Å². The molecule has 0 bridgehead atoms. The van der Waals surface area contributed by atoms with Gasteiger partial charge >= 0.3 is 0 Å². The van der Waals surface area contributed by atoms with Crippen LogP contribution in [0.5, 0.6) is 0 Å². The topological polar surface area (TPSA) is 71.1 Å². The van der Waals surface area contributed by atoms with Crippen molar-refractivity contribution < 1.29 is 9.59 Å². The average Bonchev–Trinajstić information content (AvgIpc) is 2.32. The van der Waals surface area contributed by atoms with Crippen LogP contribution in [0.4, 0.5) is 0 Å². The average molecular weight is 268 g/mol. The van der Waals surface area contributed by atoms with E-state index in [4.69, 9.17) is 11.6 Å². The van der Waals surface area contributed by atoms with Gasteiger partial charge in [0.15, 0.2) is 0 Å². The normalized spacial score (nSPS) is 19.2. The van der Waals surface area contributed by atoms with E-state index < -0.39 is 6.04 Å². The van der Waals surface area contributed by atoms with Crippen molar-refractivity contribution in [3.05, 3.63) is 28.5 Å². The molecule has 0 spiro atoms. The fourth-order valence-electron chi connectivity index (χ4n) is 1.84. The Hall–Kier alpha value is -1.62. The summed E-state index contributed by atoms with van der Waals surface area (Å²) in [6, 6.07) is 1.14. The lowest BCUT2D eigenvalue weighted by Crippen LogP contribution is -2.50. The molecule has 1 atom stereocenters. The van der Waals surface area contributed by atoms with Crippen LogP contribution in [0.15, 0.2) is 12.3 Å². The molecule has 2 rings (SSSR count). The molecule has 2 N–H and O–H groups in total. The minimum Gasteiger partial charge on any atom is -0.354 e. The molecule has 0 aromatic carbocycles. The predicted molar refractivity (Wildman–Crippen MR) is 67.5 cm³/mol. The Kier molecular flexibility index (Phi) is 3.81. The van der Waals surface area contributed by atoms with E-state index in [0.29, 0.717) is 23.6 Å². The molecule has 6 heteroatoms. The molecule has 0 radical (unpaired) electrons. The van der Waals surface area contributed by atoms with Crippen molar-refractivity contribution in [2.45, 2.75) is 25.8 Å². The van der Waals surface area contributed by atoms with Crippen molar-refractivity contribution in [3.8, 4) is 0 Å². The van der Waals surface area contributed by atoms with E-state index in [1.807, 2.05) is 0 Å². The van der Waals surface area contributed by atoms with Gasteiger partial charge in [0.2, 0.25) is 5.91 Å². The highest BCUT2D eigenvalue weighted by Crippen LogP contribution is 2.16. The van der Waals surface area contributed by atoms with Crippen LogP contribution >= 0.6 is 11.6 Å². The van der Waals surface area contributed by atoms with Crippen LogP contribution in [-0.2, 0) is 4.79 Å². The lowest BCUT2D eigenvalue weighted by Gasteiger charge is -2.22. The van der Waals surface area contributed by atoms with Crippen LogP contribution in [0, 0.1) is 6.92 Å². The summed E-state index contributed by atoms with van der Waals surface area (Å²) in [5.74, 6) is -0.514. The zero-order valence-electron chi connectivity index (χ0n) is 10.00.